The van der Waals surface area contributed by atoms with Crippen LogP contribution >= 0.6 is 0 Å². The highest BCUT2D eigenvalue weighted by molar-refractivity contribution is 5.93. The summed E-state index contributed by atoms with van der Waals surface area (Å²) in [6.45, 7) is 1.15. The van der Waals surface area contributed by atoms with E-state index in [9.17, 15) is 4.79 Å². The van der Waals surface area contributed by atoms with Crippen LogP contribution in [0.25, 0.3) is 0 Å². The zero-order valence-electron chi connectivity index (χ0n) is 15.9. The highest BCUT2D eigenvalue weighted by Gasteiger charge is 2.07. The number of hydrogen-bond donors (Lipinski definition) is 2. The third-order valence-electron chi connectivity index (χ3n) is 4.31. The number of para-hydroxylation sites is 1. The minimum absolute atomic E-state index is 0.163. The van der Waals surface area contributed by atoms with Crippen LogP contribution < -0.4 is 15.4 Å². The van der Waals surface area contributed by atoms with E-state index in [1.54, 1.807) is 7.11 Å². The second-order valence-electron chi connectivity index (χ2n) is 6.31. The van der Waals surface area contributed by atoms with E-state index in [0.29, 0.717) is 24.6 Å². The molecule has 0 unspecified atom stereocenters. The van der Waals surface area contributed by atoms with Gasteiger partial charge in [0.15, 0.2) is 0 Å². The van der Waals surface area contributed by atoms with Crippen LogP contribution in [0.2, 0.25) is 0 Å². The second-order valence-corrected chi connectivity index (χ2v) is 6.31. The number of carbonyl (C=O) groups excluding carboxylic acids is 1. The number of aryl methyl sites for hydroxylation is 1. The third kappa shape index (κ3) is 5.54. The Bertz CT molecular complexity index is 883. The molecule has 0 saturated carbocycles. The zero-order valence-corrected chi connectivity index (χ0v) is 15.9. The second kappa shape index (κ2) is 10.1. The number of hydrogen-bond acceptors (Lipinski definition) is 5. The number of anilines is 1. The Morgan fingerprint density at radius 3 is 2.46 bits per heavy atom. The molecule has 3 rings (SSSR count). The molecule has 0 bridgehead atoms. The van der Waals surface area contributed by atoms with E-state index >= 15 is 0 Å². The van der Waals surface area contributed by atoms with Crippen molar-refractivity contribution in [3.8, 4) is 5.75 Å². The van der Waals surface area contributed by atoms with E-state index in [4.69, 9.17) is 4.74 Å². The van der Waals surface area contributed by atoms with Crippen molar-refractivity contribution in [2.24, 2.45) is 0 Å². The number of rotatable bonds is 9. The standard InChI is InChI=1S/C22H24N4O2/c1-28-20-12-6-5-11-18(20)14-24-22-25-15-19(16-26-22)21(27)23-13-7-10-17-8-3-2-4-9-17/h2-6,8-9,11-12,15-16H,7,10,13-14H2,1H3,(H,23,27)(H,24,25,26). The van der Waals surface area contributed by atoms with Gasteiger partial charge in [0.1, 0.15) is 5.75 Å². The van der Waals surface area contributed by atoms with E-state index in [-0.39, 0.29) is 5.91 Å². The fraction of sp³-hybridized carbons (Fsp3) is 0.227. The number of nitrogens with one attached hydrogen (secondary N) is 2. The van der Waals surface area contributed by atoms with Gasteiger partial charge in [-0.3, -0.25) is 4.79 Å². The Kier molecular flexibility index (Phi) is 6.95. The fourth-order valence-electron chi connectivity index (χ4n) is 2.80. The average Bonchev–Trinajstić information content (AvgIpc) is 2.76. The number of nitrogens with zero attached hydrogens (tertiary/aromatic N) is 2. The monoisotopic (exact) mass is 376 g/mol. The summed E-state index contributed by atoms with van der Waals surface area (Å²) in [5, 5.41) is 6.04. The zero-order chi connectivity index (χ0) is 19.6. The molecule has 0 radical (unpaired) electrons. The first-order valence-corrected chi connectivity index (χ1v) is 9.26. The summed E-state index contributed by atoms with van der Waals surface area (Å²) >= 11 is 0. The highest BCUT2D eigenvalue weighted by atomic mass is 16.5. The molecule has 0 aliphatic heterocycles. The maximum absolute atomic E-state index is 12.2. The molecule has 0 atom stereocenters. The Balaban J connectivity index is 1.45. The van der Waals surface area contributed by atoms with Crippen molar-refractivity contribution in [3.63, 3.8) is 0 Å². The minimum atomic E-state index is -0.163. The predicted octanol–water partition coefficient (Wildman–Crippen LogP) is 3.46. The molecule has 0 aliphatic carbocycles. The van der Waals surface area contributed by atoms with E-state index in [1.165, 1.54) is 18.0 Å². The van der Waals surface area contributed by atoms with Gasteiger partial charge >= 0.3 is 0 Å². The molecule has 6 nitrogen and oxygen atoms in total. The van der Waals surface area contributed by atoms with Gasteiger partial charge in [-0.25, -0.2) is 9.97 Å². The molecule has 6 heteroatoms. The molecule has 144 valence electrons. The Hall–Kier alpha value is -3.41. The lowest BCUT2D eigenvalue weighted by Crippen LogP contribution is -2.25. The maximum Gasteiger partial charge on any atom is 0.254 e. The van der Waals surface area contributed by atoms with Gasteiger partial charge < -0.3 is 15.4 Å². The molecule has 0 fully saturated rings. The van der Waals surface area contributed by atoms with Crippen molar-refractivity contribution in [2.75, 3.05) is 19.0 Å². The Morgan fingerprint density at radius 1 is 1.00 bits per heavy atom. The van der Waals surface area contributed by atoms with E-state index in [2.05, 4.69) is 32.7 Å². The third-order valence-corrected chi connectivity index (χ3v) is 4.31. The SMILES string of the molecule is COc1ccccc1CNc1ncc(C(=O)NCCCc2ccccc2)cn1. The smallest absolute Gasteiger partial charge is 0.254 e. The van der Waals surface area contributed by atoms with Crippen LogP contribution in [0.1, 0.15) is 27.9 Å². The first kappa shape index (κ1) is 19.4. The Morgan fingerprint density at radius 2 is 1.71 bits per heavy atom. The van der Waals surface area contributed by atoms with Gasteiger partial charge in [-0.05, 0) is 24.5 Å². The van der Waals surface area contributed by atoms with Crippen molar-refractivity contribution in [3.05, 3.63) is 83.7 Å². The molecule has 2 aromatic carbocycles. The lowest BCUT2D eigenvalue weighted by atomic mass is 10.1. The topological polar surface area (TPSA) is 76.1 Å². The lowest BCUT2D eigenvalue weighted by Gasteiger charge is -2.09. The van der Waals surface area contributed by atoms with Crippen LogP contribution in [0.3, 0.4) is 0 Å². The number of aromatic nitrogens is 2. The quantitative estimate of drug-likeness (QED) is 0.559. The Labute approximate surface area is 165 Å². The molecule has 1 amide bonds. The van der Waals surface area contributed by atoms with Crippen molar-refractivity contribution in [2.45, 2.75) is 19.4 Å². The summed E-state index contributed by atoms with van der Waals surface area (Å²) in [5.41, 5.74) is 2.72. The summed E-state index contributed by atoms with van der Waals surface area (Å²) in [7, 11) is 1.64. The van der Waals surface area contributed by atoms with Crippen LogP contribution in [0.15, 0.2) is 67.0 Å². The number of ether oxygens (including phenoxy) is 1. The molecule has 3 aromatic rings. The predicted molar refractivity (Wildman–Crippen MR) is 109 cm³/mol. The van der Waals surface area contributed by atoms with Crippen LogP contribution in [-0.2, 0) is 13.0 Å². The average molecular weight is 376 g/mol. The van der Waals surface area contributed by atoms with Crippen molar-refractivity contribution < 1.29 is 9.53 Å². The first-order valence-electron chi connectivity index (χ1n) is 9.26. The number of amides is 1. The molecule has 0 spiro atoms. The largest absolute Gasteiger partial charge is 0.496 e. The fourth-order valence-corrected chi connectivity index (χ4v) is 2.80. The maximum atomic E-state index is 12.2. The van der Waals surface area contributed by atoms with Crippen molar-refractivity contribution >= 4 is 11.9 Å². The highest BCUT2D eigenvalue weighted by Crippen LogP contribution is 2.17. The van der Waals surface area contributed by atoms with Gasteiger partial charge in [-0.2, -0.15) is 0 Å². The van der Waals surface area contributed by atoms with E-state index < -0.39 is 0 Å². The normalized spacial score (nSPS) is 10.3. The van der Waals surface area contributed by atoms with Gasteiger partial charge in [0.05, 0.1) is 12.7 Å². The van der Waals surface area contributed by atoms with Crippen LogP contribution in [0.5, 0.6) is 5.75 Å². The lowest BCUT2D eigenvalue weighted by molar-refractivity contribution is 0.0952. The summed E-state index contributed by atoms with van der Waals surface area (Å²) in [4.78, 5) is 20.6. The van der Waals surface area contributed by atoms with Crippen LogP contribution in [0.4, 0.5) is 5.95 Å². The van der Waals surface area contributed by atoms with E-state index in [1.807, 2.05) is 42.5 Å². The molecular weight excluding hydrogens is 352 g/mol. The van der Waals surface area contributed by atoms with Gasteiger partial charge in [0.25, 0.3) is 5.91 Å². The number of benzene rings is 2. The molecular formula is C22H24N4O2. The molecule has 1 aromatic heterocycles. The van der Waals surface area contributed by atoms with Crippen molar-refractivity contribution in [1.82, 2.24) is 15.3 Å². The first-order chi connectivity index (χ1) is 13.8. The van der Waals surface area contributed by atoms with Crippen molar-refractivity contribution in [1.29, 1.82) is 0 Å². The molecule has 28 heavy (non-hydrogen) atoms. The molecule has 0 saturated heterocycles. The van der Waals surface area contributed by atoms with Gasteiger partial charge in [-0.15, -0.1) is 0 Å². The van der Waals surface area contributed by atoms with Crippen LogP contribution in [0, 0.1) is 0 Å². The molecule has 2 N–H and O–H groups in total. The minimum Gasteiger partial charge on any atom is -0.496 e. The summed E-state index contributed by atoms with van der Waals surface area (Å²) in [5.74, 6) is 1.11. The number of methoxy groups -OCH3 is 1. The van der Waals surface area contributed by atoms with Gasteiger partial charge in [-0.1, -0.05) is 48.5 Å². The molecule has 0 aliphatic rings. The van der Waals surface area contributed by atoms with Crippen LogP contribution in [-0.4, -0.2) is 29.5 Å². The van der Waals surface area contributed by atoms with Gasteiger partial charge in [0, 0.05) is 31.0 Å². The summed E-state index contributed by atoms with van der Waals surface area (Å²) < 4.78 is 5.33. The molecule has 1 heterocycles. The summed E-state index contributed by atoms with van der Waals surface area (Å²) in [6.07, 6.45) is 4.88. The number of carbonyl (C=O) groups is 1. The summed E-state index contributed by atoms with van der Waals surface area (Å²) in [6, 6.07) is 18.0. The van der Waals surface area contributed by atoms with Gasteiger partial charge in [0.2, 0.25) is 5.95 Å². The van der Waals surface area contributed by atoms with E-state index in [0.717, 1.165) is 24.2 Å².